The van der Waals surface area contributed by atoms with Crippen LogP contribution in [0.15, 0.2) is 18.5 Å². The van der Waals surface area contributed by atoms with Gasteiger partial charge >= 0.3 is 0 Å². The summed E-state index contributed by atoms with van der Waals surface area (Å²) in [5.74, 6) is 0.873. The second kappa shape index (κ2) is 3.50. The minimum absolute atomic E-state index is 0.760. The molecule has 1 saturated heterocycles. The standard InChI is InChI=1S/C10H17N3/c1-9-8-12(10(9)2)6-7-13-5-3-4-11-13/h3-5,9-10H,6-8H2,1-2H3. The van der Waals surface area contributed by atoms with E-state index in [9.17, 15) is 0 Å². The first-order valence-electron chi connectivity index (χ1n) is 4.99. The summed E-state index contributed by atoms with van der Waals surface area (Å²) in [7, 11) is 0. The lowest BCUT2D eigenvalue weighted by molar-refractivity contribution is 0.0345. The van der Waals surface area contributed by atoms with Crippen LogP contribution in [-0.4, -0.2) is 33.8 Å². The highest BCUT2D eigenvalue weighted by molar-refractivity contribution is 4.86. The molecule has 3 nitrogen and oxygen atoms in total. The molecule has 2 atom stereocenters. The van der Waals surface area contributed by atoms with Crippen LogP contribution in [0.2, 0.25) is 0 Å². The first-order valence-corrected chi connectivity index (χ1v) is 4.99. The molecule has 0 bridgehead atoms. The lowest BCUT2D eigenvalue weighted by Gasteiger charge is -2.44. The van der Waals surface area contributed by atoms with Crippen molar-refractivity contribution in [2.45, 2.75) is 26.4 Å². The minimum Gasteiger partial charge on any atom is -0.298 e. The van der Waals surface area contributed by atoms with E-state index >= 15 is 0 Å². The Labute approximate surface area is 79.3 Å². The van der Waals surface area contributed by atoms with Crippen molar-refractivity contribution in [1.82, 2.24) is 14.7 Å². The molecule has 2 heterocycles. The van der Waals surface area contributed by atoms with E-state index in [0.717, 1.165) is 25.0 Å². The molecule has 1 aromatic rings. The van der Waals surface area contributed by atoms with Crippen LogP contribution in [0, 0.1) is 5.92 Å². The molecule has 0 spiro atoms. The Morgan fingerprint density at radius 2 is 2.23 bits per heavy atom. The molecule has 1 aromatic heterocycles. The Kier molecular flexibility index (Phi) is 2.36. The van der Waals surface area contributed by atoms with E-state index in [1.165, 1.54) is 6.54 Å². The third-order valence-electron chi connectivity index (χ3n) is 3.10. The van der Waals surface area contributed by atoms with Gasteiger partial charge in [-0.3, -0.25) is 9.58 Å². The molecule has 3 heteroatoms. The molecule has 2 unspecified atom stereocenters. The molecule has 1 aliphatic heterocycles. The van der Waals surface area contributed by atoms with Crippen molar-refractivity contribution < 1.29 is 0 Å². The second-order valence-electron chi connectivity index (χ2n) is 3.98. The van der Waals surface area contributed by atoms with Gasteiger partial charge in [0, 0.05) is 31.5 Å². The van der Waals surface area contributed by atoms with E-state index in [0.29, 0.717) is 0 Å². The molecule has 0 amide bonds. The lowest BCUT2D eigenvalue weighted by Crippen LogP contribution is -2.53. The SMILES string of the molecule is CC1CN(CCn2cccn2)C1C. The van der Waals surface area contributed by atoms with Crippen molar-refractivity contribution >= 4 is 0 Å². The van der Waals surface area contributed by atoms with Gasteiger partial charge in [0.25, 0.3) is 0 Å². The fraction of sp³-hybridized carbons (Fsp3) is 0.700. The van der Waals surface area contributed by atoms with Gasteiger partial charge in [-0.2, -0.15) is 5.10 Å². The molecule has 0 saturated carbocycles. The van der Waals surface area contributed by atoms with Crippen LogP contribution in [0.3, 0.4) is 0 Å². The zero-order chi connectivity index (χ0) is 9.26. The molecule has 1 aliphatic rings. The quantitative estimate of drug-likeness (QED) is 0.695. The fourth-order valence-corrected chi connectivity index (χ4v) is 1.87. The van der Waals surface area contributed by atoms with E-state index in [-0.39, 0.29) is 0 Å². The van der Waals surface area contributed by atoms with Crippen LogP contribution in [-0.2, 0) is 6.54 Å². The minimum atomic E-state index is 0.760. The van der Waals surface area contributed by atoms with Crippen LogP contribution >= 0.6 is 0 Å². The maximum Gasteiger partial charge on any atom is 0.0536 e. The molecule has 0 aromatic carbocycles. The Hall–Kier alpha value is -0.830. The summed E-state index contributed by atoms with van der Waals surface area (Å²) in [5.41, 5.74) is 0. The normalized spacial score (nSPS) is 28.8. The van der Waals surface area contributed by atoms with E-state index in [1.807, 2.05) is 23.1 Å². The summed E-state index contributed by atoms with van der Waals surface area (Å²) in [6, 6.07) is 2.73. The van der Waals surface area contributed by atoms with Gasteiger partial charge < -0.3 is 0 Å². The highest BCUT2D eigenvalue weighted by atomic mass is 15.3. The molecule has 0 aliphatic carbocycles. The molecule has 0 radical (unpaired) electrons. The maximum absolute atomic E-state index is 4.18. The number of likely N-dealkylation sites (tertiary alicyclic amines) is 1. The zero-order valence-electron chi connectivity index (χ0n) is 8.35. The summed E-state index contributed by atoms with van der Waals surface area (Å²) in [4.78, 5) is 2.51. The summed E-state index contributed by atoms with van der Waals surface area (Å²) in [6.45, 7) is 8.02. The van der Waals surface area contributed by atoms with Crippen molar-refractivity contribution in [3.05, 3.63) is 18.5 Å². The van der Waals surface area contributed by atoms with Gasteiger partial charge in [-0.15, -0.1) is 0 Å². The highest BCUT2D eigenvalue weighted by Crippen LogP contribution is 2.22. The summed E-state index contributed by atoms with van der Waals surface area (Å²) in [5, 5.41) is 4.18. The van der Waals surface area contributed by atoms with Gasteiger partial charge in [-0.25, -0.2) is 0 Å². The Balaban J connectivity index is 1.75. The van der Waals surface area contributed by atoms with Crippen LogP contribution in [0.4, 0.5) is 0 Å². The third-order valence-corrected chi connectivity index (χ3v) is 3.10. The average molecular weight is 179 g/mol. The van der Waals surface area contributed by atoms with E-state index in [1.54, 1.807) is 0 Å². The molecular formula is C10H17N3. The maximum atomic E-state index is 4.18. The van der Waals surface area contributed by atoms with E-state index in [2.05, 4.69) is 23.8 Å². The van der Waals surface area contributed by atoms with Gasteiger partial charge in [0.2, 0.25) is 0 Å². The number of rotatable bonds is 3. The summed E-state index contributed by atoms with van der Waals surface area (Å²) >= 11 is 0. The van der Waals surface area contributed by atoms with Crippen molar-refractivity contribution in [2.75, 3.05) is 13.1 Å². The molecule has 13 heavy (non-hydrogen) atoms. The molecule has 1 fully saturated rings. The monoisotopic (exact) mass is 179 g/mol. The molecule has 72 valence electrons. The predicted molar refractivity (Wildman–Crippen MR) is 52.4 cm³/mol. The van der Waals surface area contributed by atoms with Gasteiger partial charge in [-0.1, -0.05) is 6.92 Å². The highest BCUT2D eigenvalue weighted by Gasteiger charge is 2.30. The Morgan fingerprint density at radius 3 is 2.77 bits per heavy atom. The fourth-order valence-electron chi connectivity index (χ4n) is 1.87. The van der Waals surface area contributed by atoms with E-state index < -0.39 is 0 Å². The third kappa shape index (κ3) is 1.75. The van der Waals surface area contributed by atoms with Crippen molar-refractivity contribution in [1.29, 1.82) is 0 Å². The number of hydrogen-bond donors (Lipinski definition) is 0. The largest absolute Gasteiger partial charge is 0.298 e. The van der Waals surface area contributed by atoms with Gasteiger partial charge in [0.05, 0.1) is 6.54 Å². The molecule has 2 rings (SSSR count). The van der Waals surface area contributed by atoms with Crippen LogP contribution in [0.5, 0.6) is 0 Å². The van der Waals surface area contributed by atoms with Crippen molar-refractivity contribution in [2.24, 2.45) is 5.92 Å². The predicted octanol–water partition coefficient (Wildman–Crippen LogP) is 1.22. The van der Waals surface area contributed by atoms with Crippen LogP contribution < -0.4 is 0 Å². The number of aromatic nitrogens is 2. The zero-order valence-corrected chi connectivity index (χ0v) is 8.35. The second-order valence-corrected chi connectivity index (χ2v) is 3.98. The van der Waals surface area contributed by atoms with Gasteiger partial charge in [0.15, 0.2) is 0 Å². The summed E-state index contributed by atoms with van der Waals surface area (Å²) in [6.07, 6.45) is 3.86. The topological polar surface area (TPSA) is 21.1 Å². The average Bonchev–Trinajstić information content (AvgIpc) is 2.64. The van der Waals surface area contributed by atoms with Crippen molar-refractivity contribution in [3.8, 4) is 0 Å². The van der Waals surface area contributed by atoms with Gasteiger partial charge in [0.1, 0.15) is 0 Å². The lowest BCUT2D eigenvalue weighted by atomic mass is 9.92. The van der Waals surface area contributed by atoms with Crippen LogP contribution in [0.1, 0.15) is 13.8 Å². The van der Waals surface area contributed by atoms with E-state index in [4.69, 9.17) is 0 Å². The first kappa shape index (κ1) is 8.75. The molecule has 0 N–H and O–H groups in total. The Bertz CT molecular complexity index is 255. The van der Waals surface area contributed by atoms with Crippen molar-refractivity contribution in [3.63, 3.8) is 0 Å². The summed E-state index contributed by atoms with van der Waals surface area (Å²) < 4.78 is 2.00. The smallest absolute Gasteiger partial charge is 0.0536 e. The molecular weight excluding hydrogens is 162 g/mol. The number of hydrogen-bond acceptors (Lipinski definition) is 2. The first-order chi connectivity index (χ1) is 6.27. The van der Waals surface area contributed by atoms with Crippen LogP contribution in [0.25, 0.3) is 0 Å². The Morgan fingerprint density at radius 1 is 1.38 bits per heavy atom. The number of nitrogens with zero attached hydrogens (tertiary/aromatic N) is 3. The van der Waals surface area contributed by atoms with Gasteiger partial charge in [-0.05, 0) is 18.9 Å².